The van der Waals surface area contributed by atoms with Gasteiger partial charge < -0.3 is 9.64 Å². The Morgan fingerprint density at radius 2 is 2.11 bits per heavy atom. The van der Waals surface area contributed by atoms with Crippen molar-refractivity contribution in [2.75, 3.05) is 30.0 Å². The summed E-state index contributed by atoms with van der Waals surface area (Å²) in [6.07, 6.45) is 1.47. The normalized spacial score (nSPS) is 15.2. The summed E-state index contributed by atoms with van der Waals surface area (Å²) < 4.78 is 38.2. The summed E-state index contributed by atoms with van der Waals surface area (Å²) in [7, 11) is -3.32. The van der Waals surface area contributed by atoms with Gasteiger partial charge in [-0.2, -0.15) is 8.42 Å². The number of aromatic nitrogens is 1. The zero-order valence-electron chi connectivity index (χ0n) is 19.3. The second-order valence-electron chi connectivity index (χ2n) is 8.39. The van der Waals surface area contributed by atoms with E-state index >= 15 is 0 Å². The average molecular weight is 562 g/mol. The highest BCUT2D eigenvalue weighted by Gasteiger charge is 2.35. The van der Waals surface area contributed by atoms with Gasteiger partial charge in [-0.25, -0.2) is 4.98 Å². The third-order valence-corrected chi connectivity index (χ3v) is 8.30. The summed E-state index contributed by atoms with van der Waals surface area (Å²) in [5, 5.41) is 7.91. The van der Waals surface area contributed by atoms with Crippen LogP contribution in [-0.4, -0.2) is 60.9 Å². The number of nitrogens with zero attached hydrogens (tertiary/aromatic N) is 4. The standard InChI is InChI=1S/C23H20ClN5O6S2/c1-27(22(31)19-16(37(32,33)34)10-17(24)36-19)20-18-14(5-6-26-20)12-28(21(18)30)11-13-3-2-4-15(9-13)29-7-8-35-23(29)25/h2-6,9-10,25H,7-8,11-12H2,1H3,(H,32,33,34). The maximum absolute atomic E-state index is 13.4. The first-order valence-electron chi connectivity index (χ1n) is 10.9. The molecule has 14 heteroatoms. The summed E-state index contributed by atoms with van der Waals surface area (Å²) >= 11 is 6.62. The number of hydrogen-bond donors (Lipinski definition) is 2. The number of carbonyl (C=O) groups excluding carboxylic acids is 2. The van der Waals surface area contributed by atoms with Crippen LogP contribution in [0.4, 0.5) is 11.5 Å². The van der Waals surface area contributed by atoms with Crippen LogP contribution < -0.4 is 9.80 Å². The van der Waals surface area contributed by atoms with E-state index in [9.17, 15) is 22.6 Å². The Hall–Kier alpha value is -3.52. The number of fused-ring (bicyclic) bond motifs is 1. The lowest BCUT2D eigenvalue weighted by Crippen LogP contribution is -2.30. The molecule has 2 N–H and O–H groups in total. The molecule has 0 radical (unpaired) electrons. The van der Waals surface area contributed by atoms with Gasteiger partial charge in [-0.3, -0.25) is 29.4 Å². The number of benzene rings is 1. The average Bonchev–Trinajstić information content (AvgIpc) is 3.55. The third-order valence-electron chi connectivity index (χ3n) is 6.04. The first-order valence-corrected chi connectivity index (χ1v) is 13.6. The maximum Gasteiger partial charge on any atom is 0.296 e. The molecule has 0 spiro atoms. The fourth-order valence-corrected chi connectivity index (χ4v) is 6.57. The molecule has 1 aromatic carbocycles. The molecule has 37 heavy (non-hydrogen) atoms. The predicted octanol–water partition coefficient (Wildman–Crippen LogP) is 3.25. The van der Waals surface area contributed by atoms with E-state index in [4.69, 9.17) is 21.7 Å². The number of amidine groups is 1. The summed E-state index contributed by atoms with van der Waals surface area (Å²) in [6.45, 7) is 1.59. The molecule has 2 aliphatic rings. The zero-order chi connectivity index (χ0) is 26.5. The molecule has 5 rings (SSSR count). The Morgan fingerprint density at radius 1 is 1.32 bits per heavy atom. The van der Waals surface area contributed by atoms with Crippen LogP contribution in [0.5, 0.6) is 0 Å². The SMILES string of the molecule is CN(C(=O)c1sc(Cl)cc1S(=O)(=O)O)c1nccc2c1C(=O)N(Cc1cccc(N3CCOC3=N)c1)C2. The van der Waals surface area contributed by atoms with Crippen LogP contribution in [0.25, 0.3) is 0 Å². The highest BCUT2D eigenvalue weighted by atomic mass is 35.5. The highest BCUT2D eigenvalue weighted by Crippen LogP contribution is 2.35. The van der Waals surface area contributed by atoms with E-state index in [0.717, 1.165) is 22.2 Å². The van der Waals surface area contributed by atoms with Crippen molar-refractivity contribution in [1.82, 2.24) is 9.88 Å². The van der Waals surface area contributed by atoms with Crippen molar-refractivity contribution >= 4 is 62.4 Å². The maximum atomic E-state index is 13.4. The summed E-state index contributed by atoms with van der Waals surface area (Å²) in [4.78, 5) is 34.4. The van der Waals surface area contributed by atoms with Crippen LogP contribution in [0.15, 0.2) is 47.5 Å². The number of hydrogen-bond acceptors (Lipinski definition) is 8. The van der Waals surface area contributed by atoms with Crippen LogP contribution in [0, 0.1) is 5.41 Å². The lowest BCUT2D eigenvalue weighted by atomic mass is 10.1. The number of halogens is 1. The van der Waals surface area contributed by atoms with E-state index in [1.807, 2.05) is 24.3 Å². The summed E-state index contributed by atoms with van der Waals surface area (Å²) in [5.41, 5.74) is 2.55. The molecule has 0 bridgehead atoms. The van der Waals surface area contributed by atoms with Crippen molar-refractivity contribution in [1.29, 1.82) is 5.41 Å². The number of amides is 2. The topological polar surface area (TPSA) is 144 Å². The fraction of sp³-hybridized carbons (Fsp3) is 0.217. The van der Waals surface area contributed by atoms with Gasteiger partial charge in [-0.05, 0) is 35.4 Å². The van der Waals surface area contributed by atoms with E-state index in [-0.39, 0.29) is 39.1 Å². The lowest BCUT2D eigenvalue weighted by molar-refractivity contribution is 0.0767. The minimum Gasteiger partial charge on any atom is -0.463 e. The fourth-order valence-electron chi connectivity index (χ4n) is 4.31. The minimum atomic E-state index is -4.69. The molecule has 0 atom stereocenters. The number of anilines is 2. The third kappa shape index (κ3) is 4.66. The molecule has 2 aromatic heterocycles. The van der Waals surface area contributed by atoms with Crippen LogP contribution >= 0.6 is 22.9 Å². The van der Waals surface area contributed by atoms with Gasteiger partial charge in [0.1, 0.15) is 22.2 Å². The molecule has 0 aliphatic carbocycles. The van der Waals surface area contributed by atoms with Gasteiger partial charge in [0.05, 0.1) is 16.4 Å². The van der Waals surface area contributed by atoms with Crippen molar-refractivity contribution in [2.45, 2.75) is 18.0 Å². The Balaban J connectivity index is 1.41. The van der Waals surface area contributed by atoms with Crippen molar-refractivity contribution in [3.63, 3.8) is 0 Å². The molecule has 2 aliphatic heterocycles. The largest absolute Gasteiger partial charge is 0.463 e. The van der Waals surface area contributed by atoms with E-state index in [0.29, 0.717) is 36.6 Å². The van der Waals surface area contributed by atoms with Gasteiger partial charge >= 0.3 is 0 Å². The number of ether oxygens (including phenoxy) is 1. The van der Waals surface area contributed by atoms with Crippen molar-refractivity contribution < 1.29 is 27.3 Å². The summed E-state index contributed by atoms with van der Waals surface area (Å²) in [5.74, 6) is -1.04. The first kappa shape index (κ1) is 25.1. The van der Waals surface area contributed by atoms with Crippen LogP contribution in [0.1, 0.15) is 31.2 Å². The molecular weight excluding hydrogens is 542 g/mol. The Morgan fingerprint density at radius 3 is 2.81 bits per heavy atom. The Labute approximate surface area is 221 Å². The van der Waals surface area contributed by atoms with Gasteiger partial charge in [-0.15, -0.1) is 11.3 Å². The Bertz CT molecular complexity index is 1560. The predicted molar refractivity (Wildman–Crippen MR) is 137 cm³/mol. The first-order chi connectivity index (χ1) is 17.5. The molecule has 192 valence electrons. The van der Waals surface area contributed by atoms with Gasteiger partial charge in [-0.1, -0.05) is 23.7 Å². The van der Waals surface area contributed by atoms with Crippen LogP contribution in [-0.2, 0) is 27.9 Å². The second-order valence-corrected chi connectivity index (χ2v) is 11.5. The summed E-state index contributed by atoms with van der Waals surface area (Å²) in [6, 6.07) is 10.3. The highest BCUT2D eigenvalue weighted by molar-refractivity contribution is 7.86. The van der Waals surface area contributed by atoms with Crippen molar-refractivity contribution in [2.24, 2.45) is 0 Å². The number of nitrogens with one attached hydrogen (secondary N) is 1. The van der Waals surface area contributed by atoms with E-state index in [1.54, 1.807) is 15.9 Å². The molecule has 11 nitrogen and oxygen atoms in total. The molecule has 3 aromatic rings. The van der Waals surface area contributed by atoms with Gasteiger partial charge in [0, 0.05) is 32.0 Å². The second kappa shape index (κ2) is 9.41. The number of carbonyl (C=O) groups is 2. The van der Waals surface area contributed by atoms with E-state index < -0.39 is 20.9 Å². The number of rotatable bonds is 6. The van der Waals surface area contributed by atoms with Crippen molar-refractivity contribution in [3.8, 4) is 0 Å². The quantitative estimate of drug-likeness (QED) is 0.436. The minimum absolute atomic E-state index is 0.00994. The van der Waals surface area contributed by atoms with Gasteiger partial charge in [0.25, 0.3) is 28.0 Å². The lowest BCUT2D eigenvalue weighted by Gasteiger charge is -2.20. The Kier molecular flexibility index (Phi) is 6.40. The van der Waals surface area contributed by atoms with Crippen LogP contribution in [0.2, 0.25) is 4.34 Å². The van der Waals surface area contributed by atoms with Crippen molar-refractivity contribution in [3.05, 3.63) is 68.5 Å². The molecule has 0 saturated carbocycles. The van der Waals surface area contributed by atoms with Gasteiger partial charge in [0.2, 0.25) is 0 Å². The van der Waals surface area contributed by atoms with Crippen LogP contribution in [0.3, 0.4) is 0 Å². The smallest absolute Gasteiger partial charge is 0.296 e. The molecule has 2 amide bonds. The van der Waals surface area contributed by atoms with E-state index in [1.165, 1.54) is 13.2 Å². The zero-order valence-corrected chi connectivity index (χ0v) is 21.7. The van der Waals surface area contributed by atoms with Gasteiger partial charge in [0.15, 0.2) is 0 Å². The molecule has 0 unspecified atom stereocenters. The number of pyridine rings is 1. The molecule has 1 saturated heterocycles. The van der Waals surface area contributed by atoms with E-state index in [2.05, 4.69) is 4.98 Å². The monoisotopic (exact) mass is 561 g/mol. The molecule has 1 fully saturated rings. The molecular formula is C23H20ClN5O6S2. The number of thiophene rings is 1. The molecule has 4 heterocycles.